The molecule has 5 aliphatic rings. The van der Waals surface area contributed by atoms with Crippen LogP contribution < -0.4 is 0 Å². The summed E-state index contributed by atoms with van der Waals surface area (Å²) in [5.41, 5.74) is -2.24. The zero-order valence-corrected chi connectivity index (χ0v) is 16.9. The van der Waals surface area contributed by atoms with Crippen molar-refractivity contribution in [3.63, 3.8) is 0 Å². The third kappa shape index (κ3) is 1.99. The van der Waals surface area contributed by atoms with E-state index in [9.17, 15) is 19.2 Å². The van der Waals surface area contributed by atoms with Crippen LogP contribution in [0.15, 0.2) is 12.2 Å². The van der Waals surface area contributed by atoms with Crippen molar-refractivity contribution in [1.82, 2.24) is 0 Å². The quantitative estimate of drug-likeness (QED) is 0.302. The predicted molar refractivity (Wildman–Crippen MR) is 98.1 cm³/mol. The van der Waals surface area contributed by atoms with Crippen LogP contribution in [-0.4, -0.2) is 42.5 Å². The highest BCUT2D eigenvalue weighted by molar-refractivity contribution is 5.89. The zero-order valence-electron chi connectivity index (χ0n) is 16.9. The molecule has 0 N–H and O–H groups in total. The number of carbonyl (C=O) groups excluding carboxylic acids is 4. The van der Waals surface area contributed by atoms with Gasteiger partial charge in [-0.2, -0.15) is 0 Å². The van der Waals surface area contributed by atoms with Crippen LogP contribution in [0.5, 0.6) is 0 Å². The van der Waals surface area contributed by atoms with E-state index >= 15 is 0 Å². The van der Waals surface area contributed by atoms with E-state index in [2.05, 4.69) is 6.58 Å². The molecule has 0 unspecified atom stereocenters. The Morgan fingerprint density at radius 2 is 2.00 bits per heavy atom. The molecular weight excluding hydrogens is 376 g/mol. The lowest BCUT2D eigenvalue weighted by atomic mass is 9.42. The summed E-state index contributed by atoms with van der Waals surface area (Å²) in [7, 11) is 0. The van der Waals surface area contributed by atoms with Gasteiger partial charge in [0.05, 0.1) is 11.3 Å². The summed E-state index contributed by atoms with van der Waals surface area (Å²) in [6.45, 7) is 9.35. The minimum absolute atomic E-state index is 0.130. The van der Waals surface area contributed by atoms with Crippen LogP contribution in [0.4, 0.5) is 0 Å². The molecule has 0 amide bonds. The Labute approximate surface area is 169 Å². The van der Waals surface area contributed by atoms with Crippen LogP contribution in [-0.2, 0) is 33.4 Å². The van der Waals surface area contributed by atoms with Gasteiger partial charge < -0.3 is 19.0 Å². The van der Waals surface area contributed by atoms with Crippen LogP contribution in [0.25, 0.3) is 0 Å². The second-order valence-electron chi connectivity index (χ2n) is 10.2. The average molecular weight is 402 g/mol. The molecule has 2 heterocycles. The first-order chi connectivity index (χ1) is 13.6. The van der Waals surface area contributed by atoms with Crippen molar-refractivity contribution in [2.75, 3.05) is 0 Å². The SMILES string of the molecule is C=C1[C@@H]2C[C@@H]3OC(=O)[C@@H]4C(C)(C)CC[C@@H]5OC(=O)[C@@](C2)([C@@H]1OC(C)=O)[C@@H]3[C@]54C=O. The molecule has 3 aliphatic carbocycles. The normalized spacial score (nSPS) is 48.9. The van der Waals surface area contributed by atoms with Crippen molar-refractivity contribution in [1.29, 1.82) is 0 Å². The first kappa shape index (κ1) is 18.8. The number of fused-ring (bicyclic) bond motifs is 1. The van der Waals surface area contributed by atoms with Gasteiger partial charge in [-0.25, -0.2) is 0 Å². The van der Waals surface area contributed by atoms with Gasteiger partial charge in [-0.05, 0) is 42.6 Å². The lowest BCUT2D eigenvalue weighted by Gasteiger charge is -2.65. The maximum atomic E-state index is 13.5. The molecule has 7 nitrogen and oxygen atoms in total. The van der Waals surface area contributed by atoms with Crippen LogP contribution in [0.1, 0.15) is 46.5 Å². The highest BCUT2D eigenvalue weighted by atomic mass is 16.6. The number of hydrogen-bond acceptors (Lipinski definition) is 7. The summed E-state index contributed by atoms with van der Waals surface area (Å²) in [5.74, 6) is -2.78. The number of ether oxygens (including phenoxy) is 3. The smallest absolute Gasteiger partial charge is 0.317 e. The van der Waals surface area contributed by atoms with Gasteiger partial charge >= 0.3 is 17.9 Å². The fraction of sp³-hybridized carbons (Fsp3) is 0.727. The number of hydrogen-bond donors (Lipinski definition) is 0. The van der Waals surface area contributed by atoms with E-state index < -0.39 is 64.3 Å². The molecule has 156 valence electrons. The minimum Gasteiger partial charge on any atom is -0.462 e. The topological polar surface area (TPSA) is 96.0 Å². The van der Waals surface area contributed by atoms with Crippen molar-refractivity contribution in [3.05, 3.63) is 12.2 Å². The van der Waals surface area contributed by atoms with Gasteiger partial charge in [0.25, 0.3) is 0 Å². The molecule has 29 heavy (non-hydrogen) atoms. The van der Waals surface area contributed by atoms with E-state index in [0.29, 0.717) is 31.3 Å². The monoisotopic (exact) mass is 402 g/mol. The van der Waals surface area contributed by atoms with Gasteiger partial charge in [0.15, 0.2) is 0 Å². The fourth-order valence-corrected chi connectivity index (χ4v) is 7.51. The molecule has 0 radical (unpaired) electrons. The second-order valence-corrected chi connectivity index (χ2v) is 10.2. The summed E-state index contributed by atoms with van der Waals surface area (Å²) in [6.07, 6.45) is 0.768. The van der Waals surface area contributed by atoms with E-state index in [0.717, 1.165) is 6.29 Å². The van der Waals surface area contributed by atoms with Gasteiger partial charge in [-0.3, -0.25) is 14.4 Å². The predicted octanol–water partition coefficient (Wildman–Crippen LogP) is 1.97. The van der Waals surface area contributed by atoms with Crippen molar-refractivity contribution in [2.24, 2.45) is 34.0 Å². The Hall–Kier alpha value is -2.18. The summed E-state index contributed by atoms with van der Waals surface area (Å²) >= 11 is 0. The lowest BCUT2D eigenvalue weighted by molar-refractivity contribution is -0.281. The summed E-state index contributed by atoms with van der Waals surface area (Å²) in [4.78, 5) is 51.4. The maximum Gasteiger partial charge on any atom is 0.317 e. The molecule has 2 bridgehead atoms. The Morgan fingerprint density at radius 3 is 2.66 bits per heavy atom. The first-order valence-corrected chi connectivity index (χ1v) is 10.3. The van der Waals surface area contributed by atoms with Crippen LogP contribution in [0, 0.1) is 34.0 Å². The van der Waals surface area contributed by atoms with Crippen molar-refractivity contribution < 1.29 is 33.4 Å². The molecular formula is C22H26O7. The van der Waals surface area contributed by atoms with Crippen LogP contribution in [0.3, 0.4) is 0 Å². The van der Waals surface area contributed by atoms with E-state index in [1.807, 2.05) is 13.8 Å². The van der Waals surface area contributed by atoms with E-state index in [1.165, 1.54) is 6.92 Å². The number of esters is 3. The molecule has 1 spiro atoms. The molecule has 0 aromatic carbocycles. The molecule has 0 aromatic rings. The number of aldehydes is 1. The van der Waals surface area contributed by atoms with Crippen molar-refractivity contribution >= 4 is 24.2 Å². The van der Waals surface area contributed by atoms with Crippen molar-refractivity contribution in [3.8, 4) is 0 Å². The first-order valence-electron chi connectivity index (χ1n) is 10.3. The summed E-state index contributed by atoms with van der Waals surface area (Å²) < 4.78 is 17.5. The third-order valence-electron chi connectivity index (χ3n) is 8.41. The summed E-state index contributed by atoms with van der Waals surface area (Å²) in [6, 6.07) is 0. The minimum atomic E-state index is -1.24. The van der Waals surface area contributed by atoms with Gasteiger partial charge in [0, 0.05) is 12.8 Å². The number of rotatable bonds is 2. The molecule has 2 aliphatic heterocycles. The maximum absolute atomic E-state index is 13.5. The molecule has 2 saturated heterocycles. The average Bonchev–Trinajstić information content (AvgIpc) is 2.84. The lowest BCUT2D eigenvalue weighted by Crippen LogP contribution is -2.75. The van der Waals surface area contributed by atoms with Crippen molar-refractivity contribution in [2.45, 2.75) is 64.8 Å². The van der Waals surface area contributed by atoms with E-state index in [4.69, 9.17) is 14.2 Å². The number of carbonyl (C=O) groups is 4. The third-order valence-corrected chi connectivity index (χ3v) is 8.41. The van der Waals surface area contributed by atoms with E-state index in [1.54, 1.807) is 0 Å². The van der Waals surface area contributed by atoms with Gasteiger partial charge in [0.1, 0.15) is 30.0 Å². The summed E-state index contributed by atoms with van der Waals surface area (Å²) in [5, 5.41) is 0. The largest absolute Gasteiger partial charge is 0.462 e. The van der Waals surface area contributed by atoms with E-state index in [-0.39, 0.29) is 5.92 Å². The molecule has 7 heteroatoms. The van der Waals surface area contributed by atoms with Gasteiger partial charge in [-0.15, -0.1) is 0 Å². The highest BCUT2D eigenvalue weighted by Gasteiger charge is 2.81. The standard InChI is InChI=1S/C22H26O7/c1-10-12-7-13-15-21(8-12,17(10)27-11(2)24)19(26)29-14-5-6-20(3,4)16(18(25)28-13)22(14,15)9-23/h9,12-17H,1,5-8H2,2-4H3/t12-,13+,14+,15-,16-,17-,21-,22+/m1/s1. The Bertz CT molecular complexity index is 859. The fourth-order valence-electron chi connectivity index (χ4n) is 7.51. The Balaban J connectivity index is 1.76. The molecule has 0 aromatic heterocycles. The molecule has 8 atom stereocenters. The molecule has 3 saturated carbocycles. The highest BCUT2D eigenvalue weighted by Crippen LogP contribution is 2.72. The molecule has 5 rings (SSSR count). The van der Waals surface area contributed by atoms with Crippen LogP contribution >= 0.6 is 0 Å². The Kier molecular flexibility index (Phi) is 3.56. The van der Waals surface area contributed by atoms with Gasteiger partial charge in [0.2, 0.25) is 0 Å². The Morgan fingerprint density at radius 1 is 1.28 bits per heavy atom. The van der Waals surface area contributed by atoms with Gasteiger partial charge in [-0.1, -0.05) is 20.4 Å². The second kappa shape index (κ2) is 5.49. The van der Waals surface area contributed by atoms with Crippen LogP contribution in [0.2, 0.25) is 0 Å². The zero-order chi connectivity index (χ0) is 20.9. The molecule has 5 fully saturated rings.